The zero-order chi connectivity index (χ0) is 14.0. The second kappa shape index (κ2) is 6.02. The van der Waals surface area contributed by atoms with Crippen molar-refractivity contribution >= 4 is 11.6 Å². The van der Waals surface area contributed by atoms with E-state index in [1.165, 1.54) is 5.56 Å². The Morgan fingerprint density at radius 2 is 1.95 bits per heavy atom. The van der Waals surface area contributed by atoms with E-state index >= 15 is 0 Å². The molecule has 1 atom stereocenters. The van der Waals surface area contributed by atoms with Crippen LogP contribution >= 0.6 is 11.6 Å². The summed E-state index contributed by atoms with van der Waals surface area (Å²) in [5.41, 5.74) is 1.24. The Balaban J connectivity index is 1.54. The van der Waals surface area contributed by atoms with Gasteiger partial charge < -0.3 is 14.8 Å². The highest BCUT2D eigenvalue weighted by Crippen LogP contribution is 2.36. The van der Waals surface area contributed by atoms with E-state index in [0.717, 1.165) is 43.9 Å². The van der Waals surface area contributed by atoms with Gasteiger partial charge in [0.25, 0.3) is 0 Å². The van der Waals surface area contributed by atoms with Gasteiger partial charge in [-0.05, 0) is 37.5 Å². The minimum Gasteiger partial charge on any atom is -0.348 e. The van der Waals surface area contributed by atoms with Gasteiger partial charge in [0.1, 0.15) is 0 Å². The molecule has 20 heavy (non-hydrogen) atoms. The van der Waals surface area contributed by atoms with E-state index in [2.05, 4.69) is 18.3 Å². The number of benzene rings is 1. The molecule has 110 valence electrons. The molecule has 0 radical (unpaired) electrons. The smallest absolute Gasteiger partial charge is 0.168 e. The largest absolute Gasteiger partial charge is 0.348 e. The first-order valence-electron chi connectivity index (χ1n) is 7.46. The monoisotopic (exact) mass is 295 g/mol. The van der Waals surface area contributed by atoms with E-state index in [1.807, 2.05) is 18.2 Å². The summed E-state index contributed by atoms with van der Waals surface area (Å²) in [5.74, 6) is -0.266. The molecule has 0 bridgehead atoms. The van der Waals surface area contributed by atoms with Crippen molar-refractivity contribution in [2.45, 2.75) is 50.5 Å². The molecule has 2 aliphatic rings. The van der Waals surface area contributed by atoms with Gasteiger partial charge in [-0.15, -0.1) is 0 Å². The van der Waals surface area contributed by atoms with Crippen molar-refractivity contribution in [1.29, 1.82) is 0 Å². The molecule has 0 unspecified atom stereocenters. The Hall–Kier alpha value is -0.610. The molecule has 1 saturated carbocycles. The standard InChI is InChI=1S/C16H22ClNO2/c1-12(13-3-2-4-14(17)11-13)18-15-5-7-16(8-6-15)19-9-10-20-16/h2-4,11-12,15,18H,5-10H2,1H3/t12-/m0/s1. The number of halogens is 1. The fraction of sp³-hybridized carbons (Fsp3) is 0.625. The summed E-state index contributed by atoms with van der Waals surface area (Å²) >= 11 is 6.05. The summed E-state index contributed by atoms with van der Waals surface area (Å²) in [6.45, 7) is 3.69. The normalized spacial score (nSPS) is 24.1. The van der Waals surface area contributed by atoms with E-state index < -0.39 is 0 Å². The van der Waals surface area contributed by atoms with Gasteiger partial charge in [-0.1, -0.05) is 23.7 Å². The third kappa shape index (κ3) is 3.17. The average Bonchev–Trinajstić information content (AvgIpc) is 2.90. The zero-order valence-corrected chi connectivity index (χ0v) is 12.7. The lowest BCUT2D eigenvalue weighted by atomic mass is 9.89. The van der Waals surface area contributed by atoms with Crippen LogP contribution < -0.4 is 5.32 Å². The summed E-state index contributed by atoms with van der Waals surface area (Å²) in [7, 11) is 0. The Kier molecular flexibility index (Phi) is 4.32. The fourth-order valence-electron chi connectivity index (χ4n) is 3.24. The summed E-state index contributed by atoms with van der Waals surface area (Å²) in [4.78, 5) is 0. The van der Waals surface area contributed by atoms with Gasteiger partial charge in [-0.2, -0.15) is 0 Å². The summed E-state index contributed by atoms with van der Waals surface area (Å²) in [6, 6.07) is 8.92. The molecule has 1 aromatic carbocycles. The van der Waals surface area contributed by atoms with Gasteiger partial charge >= 0.3 is 0 Å². The Bertz CT molecular complexity index is 450. The van der Waals surface area contributed by atoms with Crippen LogP contribution in [-0.2, 0) is 9.47 Å². The van der Waals surface area contributed by atoms with Crippen molar-refractivity contribution < 1.29 is 9.47 Å². The van der Waals surface area contributed by atoms with Crippen LogP contribution in [0.3, 0.4) is 0 Å². The lowest BCUT2D eigenvalue weighted by Gasteiger charge is -2.36. The third-order valence-corrected chi connectivity index (χ3v) is 4.63. The van der Waals surface area contributed by atoms with E-state index in [0.29, 0.717) is 12.1 Å². The van der Waals surface area contributed by atoms with Crippen LogP contribution in [-0.4, -0.2) is 25.0 Å². The first-order chi connectivity index (χ1) is 9.67. The van der Waals surface area contributed by atoms with Gasteiger partial charge in [0.15, 0.2) is 5.79 Å². The predicted octanol–water partition coefficient (Wildman–Crippen LogP) is 3.68. The fourth-order valence-corrected chi connectivity index (χ4v) is 3.43. The minimum atomic E-state index is -0.266. The van der Waals surface area contributed by atoms with E-state index in [9.17, 15) is 0 Å². The maximum atomic E-state index is 6.05. The van der Waals surface area contributed by atoms with Crippen molar-refractivity contribution in [3.8, 4) is 0 Å². The zero-order valence-electron chi connectivity index (χ0n) is 11.9. The molecular formula is C16H22ClNO2. The van der Waals surface area contributed by atoms with Gasteiger partial charge in [0, 0.05) is 29.9 Å². The van der Waals surface area contributed by atoms with Crippen LogP contribution in [0.1, 0.15) is 44.2 Å². The number of rotatable bonds is 3. The molecule has 1 spiro atoms. The van der Waals surface area contributed by atoms with E-state index in [-0.39, 0.29) is 5.79 Å². The van der Waals surface area contributed by atoms with Crippen LogP contribution in [0.15, 0.2) is 24.3 Å². The Morgan fingerprint density at radius 3 is 2.60 bits per heavy atom. The van der Waals surface area contributed by atoms with Gasteiger partial charge in [-0.25, -0.2) is 0 Å². The maximum Gasteiger partial charge on any atom is 0.168 e. The average molecular weight is 296 g/mol. The topological polar surface area (TPSA) is 30.5 Å². The molecule has 1 heterocycles. The van der Waals surface area contributed by atoms with Crippen molar-refractivity contribution in [1.82, 2.24) is 5.32 Å². The van der Waals surface area contributed by atoms with Gasteiger partial charge in [-0.3, -0.25) is 0 Å². The molecular weight excluding hydrogens is 274 g/mol. The van der Waals surface area contributed by atoms with Crippen molar-refractivity contribution in [2.24, 2.45) is 0 Å². The highest BCUT2D eigenvalue weighted by atomic mass is 35.5. The first kappa shape index (κ1) is 14.3. The molecule has 4 heteroatoms. The molecule has 1 N–H and O–H groups in total. The molecule has 1 saturated heterocycles. The summed E-state index contributed by atoms with van der Waals surface area (Å²) in [5, 5.41) is 4.50. The second-order valence-corrected chi connectivity index (χ2v) is 6.26. The quantitative estimate of drug-likeness (QED) is 0.923. The predicted molar refractivity (Wildman–Crippen MR) is 79.9 cm³/mol. The number of ether oxygens (including phenoxy) is 2. The maximum absolute atomic E-state index is 6.05. The lowest BCUT2D eigenvalue weighted by molar-refractivity contribution is -0.179. The van der Waals surface area contributed by atoms with Crippen LogP contribution in [0, 0.1) is 0 Å². The molecule has 0 aromatic heterocycles. The molecule has 1 aromatic rings. The van der Waals surface area contributed by atoms with Crippen molar-refractivity contribution in [3.05, 3.63) is 34.9 Å². The molecule has 1 aliphatic carbocycles. The van der Waals surface area contributed by atoms with Crippen molar-refractivity contribution in [3.63, 3.8) is 0 Å². The second-order valence-electron chi connectivity index (χ2n) is 5.83. The Morgan fingerprint density at radius 1 is 1.25 bits per heavy atom. The van der Waals surface area contributed by atoms with E-state index in [1.54, 1.807) is 0 Å². The van der Waals surface area contributed by atoms with Crippen LogP contribution in [0.2, 0.25) is 5.02 Å². The number of hydrogen-bond acceptors (Lipinski definition) is 3. The highest BCUT2D eigenvalue weighted by molar-refractivity contribution is 6.30. The van der Waals surface area contributed by atoms with Crippen LogP contribution in [0.4, 0.5) is 0 Å². The number of nitrogens with one attached hydrogen (secondary N) is 1. The number of hydrogen-bond donors (Lipinski definition) is 1. The first-order valence-corrected chi connectivity index (χ1v) is 7.84. The summed E-state index contributed by atoms with van der Waals surface area (Å²) < 4.78 is 11.5. The third-order valence-electron chi connectivity index (χ3n) is 4.40. The van der Waals surface area contributed by atoms with E-state index in [4.69, 9.17) is 21.1 Å². The highest BCUT2D eigenvalue weighted by Gasteiger charge is 2.40. The molecule has 0 amide bonds. The van der Waals surface area contributed by atoms with Crippen LogP contribution in [0.5, 0.6) is 0 Å². The molecule has 1 aliphatic heterocycles. The van der Waals surface area contributed by atoms with Gasteiger partial charge in [0.05, 0.1) is 13.2 Å². The van der Waals surface area contributed by atoms with Crippen LogP contribution in [0.25, 0.3) is 0 Å². The Labute approximate surface area is 125 Å². The summed E-state index contributed by atoms with van der Waals surface area (Å²) in [6.07, 6.45) is 4.19. The lowest BCUT2D eigenvalue weighted by Crippen LogP contribution is -2.42. The van der Waals surface area contributed by atoms with Gasteiger partial charge in [0.2, 0.25) is 0 Å². The minimum absolute atomic E-state index is 0.266. The van der Waals surface area contributed by atoms with Crippen molar-refractivity contribution in [2.75, 3.05) is 13.2 Å². The molecule has 3 rings (SSSR count). The SMILES string of the molecule is C[C@H](NC1CCC2(CC1)OCCO2)c1cccc(Cl)c1. The molecule has 2 fully saturated rings. The molecule has 3 nitrogen and oxygen atoms in total.